The molecule has 0 saturated carbocycles. The molecule has 1 atom stereocenters. The molecule has 0 aliphatic rings. The largest absolute Gasteiger partial charge is 0.490 e. The van der Waals surface area contributed by atoms with Gasteiger partial charge in [0, 0.05) is 24.5 Å². The Bertz CT molecular complexity index is 955. The summed E-state index contributed by atoms with van der Waals surface area (Å²) in [6.45, 7) is 8.45. The summed E-state index contributed by atoms with van der Waals surface area (Å²) in [5, 5.41) is 8.40. The fraction of sp³-hybridized carbons (Fsp3) is 0.429. The number of nitrogens with zero attached hydrogens (tertiary/aromatic N) is 2. The maximum absolute atomic E-state index is 12.4. The van der Waals surface area contributed by atoms with E-state index in [0.717, 1.165) is 39.4 Å². The number of aromatic nitrogens is 2. The van der Waals surface area contributed by atoms with Crippen LogP contribution in [-0.2, 0) is 18.3 Å². The Labute approximate surface area is 159 Å². The van der Waals surface area contributed by atoms with Crippen LogP contribution in [-0.4, -0.2) is 22.3 Å². The average Bonchev–Trinajstić information content (AvgIpc) is 3.16. The third-order valence-electron chi connectivity index (χ3n) is 4.89. The quantitative estimate of drug-likeness (QED) is 0.684. The van der Waals surface area contributed by atoms with Gasteiger partial charge in [0.2, 0.25) is 5.91 Å². The number of rotatable bonds is 7. The zero-order valence-corrected chi connectivity index (χ0v) is 16.6. The molecule has 1 N–H and O–H groups in total. The fourth-order valence-corrected chi connectivity index (χ4v) is 3.34. The molecule has 0 fully saturated rings. The van der Waals surface area contributed by atoms with Crippen LogP contribution in [0.4, 0.5) is 0 Å². The van der Waals surface area contributed by atoms with Gasteiger partial charge in [-0.25, -0.2) is 0 Å². The smallest absolute Gasteiger partial charge is 0.220 e. The van der Waals surface area contributed by atoms with E-state index < -0.39 is 0 Å². The Hall–Kier alpha value is -2.76. The van der Waals surface area contributed by atoms with E-state index in [1.165, 1.54) is 0 Å². The number of furan rings is 1. The first-order valence-corrected chi connectivity index (χ1v) is 9.34. The summed E-state index contributed by atoms with van der Waals surface area (Å²) >= 11 is 0. The highest BCUT2D eigenvalue weighted by molar-refractivity contribution is 5.84. The van der Waals surface area contributed by atoms with Crippen LogP contribution in [0.25, 0.3) is 11.0 Å². The summed E-state index contributed by atoms with van der Waals surface area (Å²) in [5.41, 5.74) is 3.95. The first-order chi connectivity index (χ1) is 12.9. The van der Waals surface area contributed by atoms with E-state index in [-0.39, 0.29) is 11.9 Å². The van der Waals surface area contributed by atoms with Crippen molar-refractivity contribution in [2.75, 3.05) is 6.61 Å². The lowest BCUT2D eigenvalue weighted by Gasteiger charge is -2.11. The van der Waals surface area contributed by atoms with Crippen LogP contribution in [0.2, 0.25) is 0 Å². The van der Waals surface area contributed by atoms with Gasteiger partial charge in [-0.3, -0.25) is 9.48 Å². The topological polar surface area (TPSA) is 69.3 Å². The lowest BCUT2D eigenvalue weighted by molar-refractivity contribution is -0.121. The van der Waals surface area contributed by atoms with Gasteiger partial charge in [-0.15, -0.1) is 0 Å². The number of fused-ring (bicyclic) bond motifs is 1. The van der Waals surface area contributed by atoms with Crippen LogP contribution >= 0.6 is 0 Å². The average molecular weight is 369 g/mol. The van der Waals surface area contributed by atoms with Crippen molar-refractivity contribution in [2.45, 2.75) is 46.6 Å². The van der Waals surface area contributed by atoms with Gasteiger partial charge in [0.05, 0.1) is 18.3 Å². The minimum atomic E-state index is -0.213. The molecule has 144 valence electrons. The molecule has 1 aromatic carbocycles. The molecule has 1 unspecified atom stereocenters. The second-order valence-electron chi connectivity index (χ2n) is 6.82. The van der Waals surface area contributed by atoms with E-state index >= 15 is 0 Å². The van der Waals surface area contributed by atoms with Crippen molar-refractivity contribution in [1.29, 1.82) is 0 Å². The first kappa shape index (κ1) is 19.0. The van der Waals surface area contributed by atoms with Gasteiger partial charge in [0.25, 0.3) is 0 Å². The Morgan fingerprint density at radius 2 is 2.15 bits per heavy atom. The lowest BCUT2D eigenvalue weighted by atomic mass is 10.1. The molecular formula is C21H27N3O3. The van der Waals surface area contributed by atoms with Gasteiger partial charge >= 0.3 is 0 Å². The predicted octanol–water partition coefficient (Wildman–Crippen LogP) is 3.99. The minimum absolute atomic E-state index is 0.00404. The van der Waals surface area contributed by atoms with Crippen LogP contribution in [0, 0.1) is 13.8 Å². The maximum atomic E-state index is 12.4. The summed E-state index contributed by atoms with van der Waals surface area (Å²) in [6.07, 6.45) is 1.10. The number of carbonyl (C=O) groups excluding carboxylic acids is 1. The number of hydrogen-bond donors (Lipinski definition) is 1. The number of aryl methyl sites for hydroxylation is 2. The molecule has 6 heteroatoms. The highest BCUT2D eigenvalue weighted by Gasteiger charge is 2.17. The summed E-state index contributed by atoms with van der Waals surface area (Å²) < 4.78 is 13.4. The number of amides is 1. The van der Waals surface area contributed by atoms with Crippen molar-refractivity contribution in [2.24, 2.45) is 7.05 Å². The number of nitrogens with one attached hydrogen (secondary N) is 1. The Morgan fingerprint density at radius 1 is 1.37 bits per heavy atom. The molecule has 27 heavy (non-hydrogen) atoms. The summed E-state index contributed by atoms with van der Waals surface area (Å²) in [4.78, 5) is 12.4. The Morgan fingerprint density at radius 3 is 2.81 bits per heavy atom. The molecule has 0 saturated heterocycles. The fourth-order valence-electron chi connectivity index (χ4n) is 3.34. The van der Waals surface area contributed by atoms with Crippen LogP contribution in [0.3, 0.4) is 0 Å². The summed E-state index contributed by atoms with van der Waals surface area (Å²) in [5.74, 6) is 1.44. The summed E-state index contributed by atoms with van der Waals surface area (Å²) in [7, 11) is 1.92. The predicted molar refractivity (Wildman–Crippen MR) is 105 cm³/mol. The molecular weight excluding hydrogens is 342 g/mol. The van der Waals surface area contributed by atoms with Crippen molar-refractivity contribution in [3.63, 3.8) is 0 Å². The van der Waals surface area contributed by atoms with Gasteiger partial charge < -0.3 is 14.5 Å². The molecule has 0 radical (unpaired) electrons. The normalized spacial score (nSPS) is 12.3. The van der Waals surface area contributed by atoms with Crippen molar-refractivity contribution >= 4 is 16.9 Å². The second-order valence-corrected chi connectivity index (χ2v) is 6.82. The van der Waals surface area contributed by atoms with Crippen LogP contribution in [0.5, 0.6) is 5.75 Å². The molecule has 0 spiro atoms. The van der Waals surface area contributed by atoms with Crippen molar-refractivity contribution in [3.05, 3.63) is 47.0 Å². The molecule has 2 heterocycles. The molecule has 3 aromatic rings. The molecule has 3 rings (SSSR count). The number of hydrogen-bond acceptors (Lipinski definition) is 4. The lowest BCUT2D eigenvalue weighted by Crippen LogP contribution is -2.26. The van der Waals surface area contributed by atoms with Crippen molar-refractivity contribution in [3.8, 4) is 5.75 Å². The number of para-hydroxylation sites is 1. The highest BCUT2D eigenvalue weighted by Crippen LogP contribution is 2.31. The van der Waals surface area contributed by atoms with E-state index in [1.54, 1.807) is 0 Å². The van der Waals surface area contributed by atoms with Gasteiger partial charge in [0.1, 0.15) is 5.76 Å². The molecule has 0 aliphatic carbocycles. The number of carbonyl (C=O) groups is 1. The van der Waals surface area contributed by atoms with Crippen LogP contribution in [0.15, 0.2) is 28.7 Å². The Balaban J connectivity index is 1.66. The van der Waals surface area contributed by atoms with Gasteiger partial charge in [-0.1, -0.05) is 12.1 Å². The standard InChI is InChI=1S/C21H27N3O3/c1-6-26-18-9-7-8-16-12-19(27-21(16)18)14(3)22-20(25)11-10-17-13(2)23-24(5)15(17)4/h7-9,12,14H,6,10-11H2,1-5H3,(H,22,25). The van der Waals surface area contributed by atoms with Crippen LogP contribution < -0.4 is 10.1 Å². The van der Waals surface area contributed by atoms with Crippen molar-refractivity contribution in [1.82, 2.24) is 15.1 Å². The van der Waals surface area contributed by atoms with E-state index in [9.17, 15) is 4.79 Å². The first-order valence-electron chi connectivity index (χ1n) is 9.34. The molecule has 0 bridgehead atoms. The van der Waals surface area contributed by atoms with Gasteiger partial charge in [0.15, 0.2) is 11.3 Å². The van der Waals surface area contributed by atoms with Crippen LogP contribution in [0.1, 0.15) is 49.0 Å². The minimum Gasteiger partial charge on any atom is -0.490 e. The molecule has 1 amide bonds. The van der Waals surface area contributed by atoms with Crippen molar-refractivity contribution < 1.29 is 13.9 Å². The zero-order valence-electron chi connectivity index (χ0n) is 16.6. The SMILES string of the molecule is CCOc1cccc2cc(C(C)NC(=O)CCc3c(C)nn(C)c3C)oc12. The number of ether oxygens (including phenoxy) is 1. The maximum Gasteiger partial charge on any atom is 0.220 e. The van der Waals surface area contributed by atoms with E-state index in [2.05, 4.69) is 10.4 Å². The summed E-state index contributed by atoms with van der Waals surface area (Å²) in [6, 6.07) is 7.55. The van der Waals surface area contributed by atoms with E-state index in [0.29, 0.717) is 19.4 Å². The monoisotopic (exact) mass is 369 g/mol. The molecule has 0 aliphatic heterocycles. The Kier molecular flexibility index (Phi) is 5.54. The second kappa shape index (κ2) is 7.86. The molecule has 6 nitrogen and oxygen atoms in total. The highest BCUT2D eigenvalue weighted by atomic mass is 16.5. The third kappa shape index (κ3) is 3.99. The zero-order chi connectivity index (χ0) is 19.6. The van der Waals surface area contributed by atoms with Gasteiger partial charge in [-0.2, -0.15) is 5.10 Å². The van der Waals surface area contributed by atoms with E-state index in [1.807, 2.05) is 63.7 Å². The third-order valence-corrected chi connectivity index (χ3v) is 4.89. The molecule has 2 aromatic heterocycles. The van der Waals surface area contributed by atoms with E-state index in [4.69, 9.17) is 9.15 Å². The van der Waals surface area contributed by atoms with Gasteiger partial charge in [-0.05, 0) is 51.8 Å². The number of benzene rings is 1.